The highest BCUT2D eigenvalue weighted by atomic mass is 35.5. The van der Waals surface area contributed by atoms with Crippen molar-refractivity contribution in [1.29, 1.82) is 0 Å². The van der Waals surface area contributed by atoms with Crippen molar-refractivity contribution in [3.8, 4) is 0 Å². The summed E-state index contributed by atoms with van der Waals surface area (Å²) in [5, 5.41) is 1.35. The molecule has 1 heterocycles. The number of rotatable bonds is 0. The number of aromatic nitrogens is 1. The van der Waals surface area contributed by atoms with Gasteiger partial charge in [0.2, 0.25) is 0 Å². The number of hydrogen-bond donors (Lipinski definition) is 0. The van der Waals surface area contributed by atoms with Crippen molar-refractivity contribution in [2.75, 3.05) is 0 Å². The third-order valence-corrected chi connectivity index (χ3v) is 6.90. The van der Waals surface area contributed by atoms with E-state index in [0.717, 1.165) is 0 Å². The second-order valence-electron chi connectivity index (χ2n) is 8.39. The van der Waals surface area contributed by atoms with Crippen molar-refractivity contribution < 1.29 is 17.0 Å². The summed E-state index contributed by atoms with van der Waals surface area (Å²) in [5.74, 6) is 0. The third kappa shape index (κ3) is 9.48. The molecule has 0 bridgehead atoms. The zero-order chi connectivity index (χ0) is 16.2. The van der Waals surface area contributed by atoms with Crippen LogP contribution in [0.2, 0.25) is 0 Å². The Hall–Kier alpha value is -0.130. The van der Waals surface area contributed by atoms with Crippen LogP contribution in [0.25, 0.3) is 0 Å². The lowest BCUT2D eigenvalue weighted by Crippen LogP contribution is -3.00. The molecule has 0 spiro atoms. The fraction of sp³-hybridized carbons (Fsp3) is 0.722. The van der Waals surface area contributed by atoms with Crippen LogP contribution in [-0.4, -0.2) is 15.5 Å². The van der Waals surface area contributed by atoms with E-state index in [9.17, 15) is 0 Å². The number of pyridine rings is 1. The number of halogens is 1. The Kier molecular flexibility index (Phi) is 9.35. The minimum Gasteiger partial charge on any atom is -1.00 e. The van der Waals surface area contributed by atoms with Crippen LogP contribution >= 0.6 is 7.92 Å². The van der Waals surface area contributed by atoms with Crippen LogP contribution in [0.4, 0.5) is 0 Å². The Morgan fingerprint density at radius 1 is 0.619 bits per heavy atom. The molecule has 0 aliphatic carbocycles. The Labute approximate surface area is 140 Å². The van der Waals surface area contributed by atoms with Gasteiger partial charge in [0.15, 0.2) is 12.4 Å². The van der Waals surface area contributed by atoms with Gasteiger partial charge in [0.05, 0.1) is 0 Å². The third-order valence-electron chi connectivity index (χ3n) is 2.88. The van der Waals surface area contributed by atoms with Crippen molar-refractivity contribution in [2.24, 2.45) is 7.05 Å². The van der Waals surface area contributed by atoms with Gasteiger partial charge in [-0.25, -0.2) is 4.57 Å². The predicted octanol–water partition coefficient (Wildman–Crippen LogP) is 2.38. The number of nitrogens with zero attached hydrogens (tertiary/aromatic N) is 1. The molecule has 0 saturated carbocycles. The predicted molar refractivity (Wildman–Crippen MR) is 93.8 cm³/mol. The summed E-state index contributed by atoms with van der Waals surface area (Å²) in [5.41, 5.74) is 0. The molecular weight excluding hydrogens is 297 g/mol. The summed E-state index contributed by atoms with van der Waals surface area (Å²) >= 11 is 0. The molecular formula is C18H35ClNP. The van der Waals surface area contributed by atoms with Gasteiger partial charge in [-0.15, -0.1) is 0 Å². The van der Waals surface area contributed by atoms with Gasteiger partial charge < -0.3 is 12.4 Å². The fourth-order valence-corrected chi connectivity index (χ4v) is 9.54. The van der Waals surface area contributed by atoms with E-state index < -0.39 is 0 Å². The van der Waals surface area contributed by atoms with Crippen LogP contribution in [0.1, 0.15) is 62.3 Å². The average molecular weight is 332 g/mol. The maximum Gasteiger partial charge on any atom is 0.168 e. The largest absolute Gasteiger partial charge is 1.00 e. The monoisotopic (exact) mass is 331 g/mol. The molecule has 1 aromatic rings. The van der Waals surface area contributed by atoms with E-state index in [1.54, 1.807) is 0 Å². The maximum atomic E-state index is 2.38. The first-order valence-corrected chi connectivity index (χ1v) is 8.81. The van der Waals surface area contributed by atoms with Crippen LogP contribution in [-0.2, 0) is 7.05 Å². The van der Waals surface area contributed by atoms with Gasteiger partial charge in [0.1, 0.15) is 7.05 Å². The van der Waals surface area contributed by atoms with Gasteiger partial charge in [-0.1, -0.05) is 76.3 Å². The fourth-order valence-electron chi connectivity index (χ4n) is 3.50. The van der Waals surface area contributed by atoms with Crippen molar-refractivity contribution in [2.45, 2.75) is 77.8 Å². The first-order chi connectivity index (χ1) is 8.76. The standard InChI is InChI=1S/C12H27P.C6H8N.ClH/c1-10(2,3)13(11(4,5)6)12(7,8)9;1-7-5-3-2-4-6-7;/h1-9H3;2-6H,1H3;1H/q;+1;/p-1. The lowest BCUT2D eigenvalue weighted by atomic mass is 10.2. The molecule has 0 fully saturated rings. The van der Waals surface area contributed by atoms with E-state index in [-0.39, 0.29) is 20.3 Å². The summed E-state index contributed by atoms with van der Waals surface area (Å²) in [6, 6.07) is 6.00. The van der Waals surface area contributed by atoms with Crippen LogP contribution in [0.3, 0.4) is 0 Å². The molecule has 1 nitrogen and oxygen atoms in total. The van der Waals surface area contributed by atoms with E-state index in [0.29, 0.717) is 15.5 Å². The summed E-state index contributed by atoms with van der Waals surface area (Å²) < 4.78 is 2.00. The molecule has 0 atom stereocenters. The van der Waals surface area contributed by atoms with Crippen molar-refractivity contribution in [3.63, 3.8) is 0 Å². The van der Waals surface area contributed by atoms with Crippen LogP contribution in [0, 0.1) is 0 Å². The molecule has 0 unspecified atom stereocenters. The van der Waals surface area contributed by atoms with Crippen molar-refractivity contribution in [1.82, 2.24) is 0 Å². The highest BCUT2D eigenvalue weighted by Gasteiger charge is 2.41. The molecule has 3 heteroatoms. The first kappa shape index (κ1) is 23.1. The normalized spacial score (nSPS) is 12.3. The lowest BCUT2D eigenvalue weighted by molar-refractivity contribution is -0.671. The van der Waals surface area contributed by atoms with Gasteiger partial charge in [-0.2, -0.15) is 0 Å². The first-order valence-electron chi connectivity index (χ1n) is 7.47. The molecule has 0 N–H and O–H groups in total. The van der Waals surface area contributed by atoms with Crippen molar-refractivity contribution >= 4 is 7.92 Å². The van der Waals surface area contributed by atoms with Gasteiger partial charge in [0, 0.05) is 12.1 Å². The highest BCUT2D eigenvalue weighted by Crippen LogP contribution is 2.66. The van der Waals surface area contributed by atoms with Crippen LogP contribution in [0.15, 0.2) is 30.6 Å². The quantitative estimate of drug-likeness (QED) is 0.507. The Morgan fingerprint density at radius 2 is 0.905 bits per heavy atom. The van der Waals surface area contributed by atoms with Gasteiger partial charge in [-0.05, 0) is 15.5 Å². The van der Waals surface area contributed by atoms with E-state index in [1.165, 1.54) is 0 Å². The zero-order valence-electron chi connectivity index (χ0n) is 15.7. The second-order valence-corrected chi connectivity index (χ2v) is 13.1. The minimum absolute atomic E-state index is 0. The molecule has 124 valence electrons. The van der Waals surface area contributed by atoms with Gasteiger partial charge in [-0.3, -0.25) is 0 Å². The number of hydrogen-bond acceptors (Lipinski definition) is 0. The molecule has 0 radical (unpaired) electrons. The smallest absolute Gasteiger partial charge is 0.168 e. The molecule has 0 aliphatic heterocycles. The topological polar surface area (TPSA) is 3.88 Å². The second kappa shape index (κ2) is 8.49. The summed E-state index contributed by atoms with van der Waals surface area (Å²) in [6.45, 7) is 21.5. The average Bonchev–Trinajstić information content (AvgIpc) is 2.11. The lowest BCUT2D eigenvalue weighted by Gasteiger charge is -2.49. The van der Waals surface area contributed by atoms with Crippen molar-refractivity contribution in [3.05, 3.63) is 30.6 Å². The van der Waals surface area contributed by atoms with E-state index >= 15 is 0 Å². The molecule has 0 amide bonds. The molecule has 1 rings (SSSR count). The van der Waals surface area contributed by atoms with Crippen LogP contribution < -0.4 is 17.0 Å². The van der Waals surface area contributed by atoms with Gasteiger partial charge in [0.25, 0.3) is 0 Å². The van der Waals surface area contributed by atoms with Crippen LogP contribution in [0.5, 0.6) is 0 Å². The highest BCUT2D eigenvalue weighted by molar-refractivity contribution is 7.62. The SMILES string of the molecule is CC(C)(C)P(C(C)(C)C)C(C)(C)C.C[n+]1ccccc1.[Cl-]. The minimum atomic E-state index is 0. The van der Waals surface area contributed by atoms with Gasteiger partial charge >= 0.3 is 0 Å². The molecule has 21 heavy (non-hydrogen) atoms. The molecule has 0 aromatic carbocycles. The molecule has 0 saturated heterocycles. The molecule has 1 aromatic heterocycles. The van der Waals surface area contributed by atoms with E-state index in [4.69, 9.17) is 0 Å². The van der Waals surface area contributed by atoms with E-state index in [1.807, 2.05) is 42.2 Å². The summed E-state index contributed by atoms with van der Waals surface area (Å²) in [6.07, 6.45) is 4.00. The summed E-state index contributed by atoms with van der Waals surface area (Å²) in [4.78, 5) is 0. The Bertz CT molecular complexity index is 349. The Balaban J connectivity index is 0. The zero-order valence-corrected chi connectivity index (χ0v) is 17.3. The maximum absolute atomic E-state index is 2.38. The number of aryl methyl sites for hydroxylation is 1. The molecule has 0 aliphatic rings. The summed E-state index contributed by atoms with van der Waals surface area (Å²) in [7, 11) is 2.02. The van der Waals surface area contributed by atoms with E-state index in [2.05, 4.69) is 62.3 Å². The Morgan fingerprint density at radius 3 is 1.00 bits per heavy atom.